The highest BCUT2D eigenvalue weighted by Gasteiger charge is 1.94. The fourth-order valence-corrected chi connectivity index (χ4v) is 0.874. The van der Waals surface area contributed by atoms with E-state index < -0.39 is 0 Å². The van der Waals surface area contributed by atoms with Gasteiger partial charge in [-0.1, -0.05) is 13.8 Å². The Labute approximate surface area is 67.2 Å². The van der Waals surface area contributed by atoms with Gasteiger partial charge in [0.25, 0.3) is 0 Å². The molecule has 1 aromatic heterocycles. The van der Waals surface area contributed by atoms with Crippen molar-refractivity contribution in [3.63, 3.8) is 0 Å². The minimum atomic E-state index is 0.699. The van der Waals surface area contributed by atoms with Gasteiger partial charge in [0.05, 0.1) is 6.54 Å². The average Bonchev–Trinajstić information content (AvgIpc) is 2.39. The number of aromatic amines is 1. The molecule has 0 amide bonds. The molecule has 0 saturated carbocycles. The second-order valence-electron chi connectivity index (χ2n) is 3.06. The molecule has 0 aliphatic heterocycles. The first kappa shape index (κ1) is 8.27. The maximum atomic E-state index is 4.10. The summed E-state index contributed by atoms with van der Waals surface area (Å²) < 4.78 is 0. The molecule has 0 atom stereocenters. The van der Waals surface area contributed by atoms with Crippen LogP contribution in [0, 0.1) is 5.92 Å². The van der Waals surface area contributed by atoms with Crippen LogP contribution in [0.2, 0.25) is 0 Å². The van der Waals surface area contributed by atoms with Crippen molar-refractivity contribution in [1.82, 2.24) is 15.3 Å². The Morgan fingerprint density at radius 3 is 3.00 bits per heavy atom. The zero-order valence-corrected chi connectivity index (χ0v) is 7.09. The van der Waals surface area contributed by atoms with E-state index in [1.165, 1.54) is 0 Å². The van der Waals surface area contributed by atoms with E-state index in [1.54, 1.807) is 6.20 Å². The Morgan fingerprint density at radius 1 is 1.64 bits per heavy atom. The van der Waals surface area contributed by atoms with Gasteiger partial charge in [0, 0.05) is 12.4 Å². The SMILES string of the molecule is CC(C)CNCc1ncc[nH]1. The highest BCUT2D eigenvalue weighted by molar-refractivity contribution is 4.85. The maximum absolute atomic E-state index is 4.10. The lowest BCUT2D eigenvalue weighted by molar-refractivity contribution is 0.544. The number of H-pyrrole nitrogens is 1. The van der Waals surface area contributed by atoms with E-state index in [1.807, 2.05) is 6.20 Å². The van der Waals surface area contributed by atoms with Gasteiger partial charge < -0.3 is 10.3 Å². The normalized spacial score (nSPS) is 10.8. The molecule has 0 saturated heterocycles. The smallest absolute Gasteiger partial charge is 0.120 e. The van der Waals surface area contributed by atoms with E-state index in [2.05, 4.69) is 29.1 Å². The van der Waals surface area contributed by atoms with Crippen LogP contribution in [0.4, 0.5) is 0 Å². The Kier molecular flexibility index (Phi) is 3.11. The van der Waals surface area contributed by atoms with E-state index in [0.717, 1.165) is 18.9 Å². The molecule has 3 heteroatoms. The number of aromatic nitrogens is 2. The van der Waals surface area contributed by atoms with E-state index >= 15 is 0 Å². The fourth-order valence-electron chi connectivity index (χ4n) is 0.874. The van der Waals surface area contributed by atoms with E-state index in [9.17, 15) is 0 Å². The number of imidazole rings is 1. The van der Waals surface area contributed by atoms with Crippen molar-refractivity contribution in [3.05, 3.63) is 18.2 Å². The first-order valence-electron chi connectivity index (χ1n) is 3.98. The predicted octanol–water partition coefficient (Wildman–Crippen LogP) is 1.16. The van der Waals surface area contributed by atoms with E-state index in [4.69, 9.17) is 0 Å². The third kappa shape index (κ3) is 3.18. The van der Waals surface area contributed by atoms with Crippen molar-refractivity contribution in [1.29, 1.82) is 0 Å². The van der Waals surface area contributed by atoms with Crippen LogP contribution in [0.3, 0.4) is 0 Å². The minimum Gasteiger partial charge on any atom is -0.348 e. The molecule has 1 rings (SSSR count). The Balaban J connectivity index is 2.14. The first-order chi connectivity index (χ1) is 5.29. The van der Waals surface area contributed by atoms with Gasteiger partial charge in [0.15, 0.2) is 0 Å². The van der Waals surface area contributed by atoms with Crippen LogP contribution < -0.4 is 5.32 Å². The molecule has 0 aromatic carbocycles. The van der Waals surface area contributed by atoms with Crippen LogP contribution in [0.5, 0.6) is 0 Å². The maximum Gasteiger partial charge on any atom is 0.120 e. The monoisotopic (exact) mass is 153 g/mol. The number of hydrogen-bond acceptors (Lipinski definition) is 2. The summed E-state index contributed by atoms with van der Waals surface area (Å²) in [6.07, 6.45) is 3.61. The van der Waals surface area contributed by atoms with Gasteiger partial charge in [-0.2, -0.15) is 0 Å². The number of nitrogens with one attached hydrogen (secondary N) is 2. The summed E-state index contributed by atoms with van der Waals surface area (Å²) in [7, 11) is 0. The van der Waals surface area contributed by atoms with Crippen LogP contribution in [0.1, 0.15) is 19.7 Å². The van der Waals surface area contributed by atoms with Crippen molar-refractivity contribution < 1.29 is 0 Å². The first-order valence-corrected chi connectivity index (χ1v) is 3.98. The van der Waals surface area contributed by atoms with Gasteiger partial charge in [0.2, 0.25) is 0 Å². The lowest BCUT2D eigenvalue weighted by atomic mass is 10.2. The van der Waals surface area contributed by atoms with Crippen LogP contribution in [-0.4, -0.2) is 16.5 Å². The number of hydrogen-bond donors (Lipinski definition) is 2. The summed E-state index contributed by atoms with van der Waals surface area (Å²) in [5, 5.41) is 3.29. The highest BCUT2D eigenvalue weighted by atomic mass is 15.0. The molecule has 1 aromatic rings. The molecule has 0 unspecified atom stereocenters. The largest absolute Gasteiger partial charge is 0.348 e. The Hall–Kier alpha value is -0.830. The lowest BCUT2D eigenvalue weighted by Gasteiger charge is -2.04. The average molecular weight is 153 g/mol. The summed E-state index contributed by atoms with van der Waals surface area (Å²) in [5.41, 5.74) is 0. The summed E-state index contributed by atoms with van der Waals surface area (Å²) in [6.45, 7) is 6.26. The Bertz CT molecular complexity index is 179. The Morgan fingerprint density at radius 2 is 2.45 bits per heavy atom. The standard InChI is InChI=1S/C8H15N3/c1-7(2)5-9-6-8-10-3-4-11-8/h3-4,7,9H,5-6H2,1-2H3,(H,10,11). The predicted molar refractivity (Wildman–Crippen MR) is 45.1 cm³/mol. The van der Waals surface area contributed by atoms with Crippen molar-refractivity contribution in [2.24, 2.45) is 5.92 Å². The van der Waals surface area contributed by atoms with E-state index in [0.29, 0.717) is 5.92 Å². The molecule has 0 aliphatic carbocycles. The van der Waals surface area contributed by atoms with Crippen LogP contribution in [0.15, 0.2) is 12.4 Å². The van der Waals surface area contributed by atoms with Crippen LogP contribution in [-0.2, 0) is 6.54 Å². The summed E-state index contributed by atoms with van der Waals surface area (Å²) in [6, 6.07) is 0. The molecule has 0 radical (unpaired) electrons. The van der Waals surface area contributed by atoms with Crippen LogP contribution >= 0.6 is 0 Å². The molecular formula is C8H15N3. The third-order valence-corrected chi connectivity index (χ3v) is 1.40. The molecule has 0 spiro atoms. The number of nitrogens with zero attached hydrogens (tertiary/aromatic N) is 1. The highest BCUT2D eigenvalue weighted by Crippen LogP contribution is 1.90. The van der Waals surface area contributed by atoms with Crippen molar-refractivity contribution >= 4 is 0 Å². The molecule has 0 fully saturated rings. The third-order valence-electron chi connectivity index (χ3n) is 1.40. The quantitative estimate of drug-likeness (QED) is 0.681. The second kappa shape index (κ2) is 4.13. The van der Waals surface area contributed by atoms with Gasteiger partial charge in [-0.25, -0.2) is 4.98 Å². The topological polar surface area (TPSA) is 40.7 Å². The van der Waals surface area contributed by atoms with Crippen molar-refractivity contribution in [2.75, 3.05) is 6.54 Å². The lowest BCUT2D eigenvalue weighted by Crippen LogP contribution is -2.19. The van der Waals surface area contributed by atoms with Crippen molar-refractivity contribution in [3.8, 4) is 0 Å². The van der Waals surface area contributed by atoms with Gasteiger partial charge >= 0.3 is 0 Å². The van der Waals surface area contributed by atoms with Crippen molar-refractivity contribution in [2.45, 2.75) is 20.4 Å². The molecule has 2 N–H and O–H groups in total. The van der Waals surface area contributed by atoms with Crippen LogP contribution in [0.25, 0.3) is 0 Å². The molecular weight excluding hydrogens is 138 g/mol. The zero-order valence-electron chi connectivity index (χ0n) is 7.09. The fraction of sp³-hybridized carbons (Fsp3) is 0.625. The summed E-state index contributed by atoms with van der Waals surface area (Å²) in [4.78, 5) is 7.13. The zero-order chi connectivity index (χ0) is 8.10. The van der Waals surface area contributed by atoms with Gasteiger partial charge in [-0.3, -0.25) is 0 Å². The molecule has 11 heavy (non-hydrogen) atoms. The van der Waals surface area contributed by atoms with Gasteiger partial charge in [0.1, 0.15) is 5.82 Å². The molecule has 0 aliphatic rings. The molecule has 1 heterocycles. The molecule has 3 nitrogen and oxygen atoms in total. The summed E-state index contributed by atoms with van der Waals surface area (Å²) in [5.74, 6) is 1.70. The van der Waals surface area contributed by atoms with Gasteiger partial charge in [-0.05, 0) is 12.5 Å². The molecule has 62 valence electrons. The van der Waals surface area contributed by atoms with E-state index in [-0.39, 0.29) is 0 Å². The van der Waals surface area contributed by atoms with Gasteiger partial charge in [-0.15, -0.1) is 0 Å². The number of rotatable bonds is 4. The second-order valence-corrected chi connectivity index (χ2v) is 3.06. The summed E-state index contributed by atoms with van der Waals surface area (Å²) >= 11 is 0. The molecule has 0 bridgehead atoms. The minimum absolute atomic E-state index is 0.699.